The van der Waals surface area contributed by atoms with Gasteiger partial charge in [0.1, 0.15) is 5.75 Å². The van der Waals surface area contributed by atoms with E-state index in [0.29, 0.717) is 29.5 Å². The number of thiazole rings is 1. The number of benzene rings is 2. The molecule has 2 heterocycles. The molecular formula is C21H23ClN4O2S. The Kier molecular flexibility index (Phi) is 5.52. The van der Waals surface area contributed by atoms with Gasteiger partial charge in [0.15, 0.2) is 5.13 Å². The average Bonchev–Trinajstić information content (AvgIpc) is 3.13. The Morgan fingerprint density at radius 2 is 1.93 bits per heavy atom. The number of nitrogens with one attached hydrogen (secondary N) is 1. The number of urea groups is 1. The van der Waals surface area contributed by atoms with Gasteiger partial charge in [-0.2, -0.15) is 0 Å². The minimum atomic E-state index is -0.152. The largest absolute Gasteiger partial charge is 0.495 e. The highest BCUT2D eigenvalue weighted by atomic mass is 35.5. The molecule has 0 aliphatic carbocycles. The number of amides is 2. The maximum absolute atomic E-state index is 12.7. The third kappa shape index (κ3) is 4.11. The van der Waals surface area contributed by atoms with E-state index in [4.69, 9.17) is 21.3 Å². The van der Waals surface area contributed by atoms with Crippen LogP contribution >= 0.6 is 22.9 Å². The summed E-state index contributed by atoms with van der Waals surface area (Å²) in [7, 11) is 1.57. The SMILES string of the molecule is COc1ccc(Cl)cc1NC(=O)N1CCN(c2nc3c(C)cc(C)cc3s2)CC1. The number of nitrogens with zero attached hydrogens (tertiary/aromatic N) is 3. The zero-order valence-corrected chi connectivity index (χ0v) is 18.2. The van der Waals surface area contributed by atoms with Crippen LogP contribution < -0.4 is 15.0 Å². The van der Waals surface area contributed by atoms with Crippen molar-refractivity contribution in [3.8, 4) is 5.75 Å². The maximum Gasteiger partial charge on any atom is 0.322 e. The molecule has 1 N–H and O–H groups in total. The minimum Gasteiger partial charge on any atom is -0.495 e. The molecule has 1 saturated heterocycles. The number of aryl methyl sites for hydroxylation is 2. The van der Waals surface area contributed by atoms with Gasteiger partial charge in [0.05, 0.1) is 23.0 Å². The standard InChI is InChI=1S/C21H23ClN4O2S/c1-13-10-14(2)19-18(11-13)29-21(24-19)26-8-6-25(7-9-26)20(27)23-16-12-15(22)4-5-17(16)28-3/h4-5,10-12H,6-9H2,1-3H3,(H,23,27). The highest BCUT2D eigenvalue weighted by Crippen LogP contribution is 2.32. The first-order valence-corrected chi connectivity index (χ1v) is 10.7. The highest BCUT2D eigenvalue weighted by Gasteiger charge is 2.24. The van der Waals surface area contributed by atoms with Gasteiger partial charge in [0, 0.05) is 31.2 Å². The lowest BCUT2D eigenvalue weighted by Gasteiger charge is -2.34. The van der Waals surface area contributed by atoms with E-state index in [9.17, 15) is 4.79 Å². The van der Waals surface area contributed by atoms with Crippen molar-refractivity contribution >= 4 is 50.0 Å². The Morgan fingerprint density at radius 1 is 1.17 bits per heavy atom. The zero-order valence-electron chi connectivity index (χ0n) is 16.7. The van der Waals surface area contributed by atoms with Gasteiger partial charge in [-0.25, -0.2) is 9.78 Å². The fourth-order valence-electron chi connectivity index (χ4n) is 3.57. The molecule has 4 rings (SSSR count). The van der Waals surface area contributed by atoms with Crippen LogP contribution in [0.15, 0.2) is 30.3 Å². The number of methoxy groups -OCH3 is 1. The average molecular weight is 431 g/mol. The monoisotopic (exact) mass is 430 g/mol. The van der Waals surface area contributed by atoms with Crippen molar-refractivity contribution in [3.63, 3.8) is 0 Å². The van der Waals surface area contributed by atoms with E-state index in [1.54, 1.807) is 41.5 Å². The van der Waals surface area contributed by atoms with Gasteiger partial charge in [0.2, 0.25) is 0 Å². The van der Waals surface area contributed by atoms with Crippen LogP contribution in [-0.2, 0) is 0 Å². The summed E-state index contributed by atoms with van der Waals surface area (Å²) in [6.45, 7) is 6.96. The van der Waals surface area contributed by atoms with E-state index in [2.05, 4.69) is 36.2 Å². The molecule has 0 unspecified atom stereocenters. The number of piperazine rings is 1. The van der Waals surface area contributed by atoms with E-state index in [1.165, 1.54) is 15.8 Å². The first-order chi connectivity index (χ1) is 13.9. The van der Waals surface area contributed by atoms with E-state index in [-0.39, 0.29) is 6.03 Å². The number of carbonyl (C=O) groups excluding carboxylic acids is 1. The fourth-order valence-corrected chi connectivity index (χ4v) is 4.93. The van der Waals surface area contributed by atoms with Crippen LogP contribution in [-0.4, -0.2) is 49.2 Å². The normalized spacial score (nSPS) is 14.3. The Balaban J connectivity index is 1.42. The maximum atomic E-state index is 12.7. The lowest BCUT2D eigenvalue weighted by Crippen LogP contribution is -2.50. The van der Waals surface area contributed by atoms with Crippen molar-refractivity contribution in [2.75, 3.05) is 43.5 Å². The molecule has 29 heavy (non-hydrogen) atoms. The van der Waals surface area contributed by atoms with Gasteiger partial charge in [-0.3, -0.25) is 0 Å². The summed E-state index contributed by atoms with van der Waals surface area (Å²) >= 11 is 7.77. The molecule has 1 aromatic heterocycles. The van der Waals surface area contributed by atoms with E-state index in [0.717, 1.165) is 23.7 Å². The summed E-state index contributed by atoms with van der Waals surface area (Å²) in [5, 5.41) is 4.47. The van der Waals surface area contributed by atoms with Crippen LogP contribution in [0.3, 0.4) is 0 Å². The number of ether oxygens (including phenoxy) is 1. The summed E-state index contributed by atoms with van der Waals surface area (Å²) in [6.07, 6.45) is 0. The highest BCUT2D eigenvalue weighted by molar-refractivity contribution is 7.22. The van der Waals surface area contributed by atoms with Crippen molar-refractivity contribution < 1.29 is 9.53 Å². The van der Waals surface area contributed by atoms with Crippen LogP contribution in [0.1, 0.15) is 11.1 Å². The summed E-state index contributed by atoms with van der Waals surface area (Å²) in [4.78, 5) is 21.6. The molecule has 1 fully saturated rings. The molecule has 1 aliphatic heterocycles. The second-order valence-corrected chi connectivity index (χ2v) is 8.62. The van der Waals surface area contributed by atoms with Crippen LogP contribution in [0, 0.1) is 13.8 Å². The molecule has 0 bridgehead atoms. The van der Waals surface area contributed by atoms with Crippen molar-refractivity contribution in [1.82, 2.24) is 9.88 Å². The van der Waals surface area contributed by atoms with Crippen LogP contribution in [0.2, 0.25) is 5.02 Å². The number of halogens is 1. The summed E-state index contributed by atoms with van der Waals surface area (Å²) in [5.41, 5.74) is 4.10. The smallest absolute Gasteiger partial charge is 0.322 e. The molecule has 3 aromatic rings. The zero-order chi connectivity index (χ0) is 20.5. The molecule has 2 aromatic carbocycles. The molecule has 2 amide bonds. The summed E-state index contributed by atoms with van der Waals surface area (Å²) in [6, 6.07) is 9.37. The number of hydrogen-bond donors (Lipinski definition) is 1. The van der Waals surface area contributed by atoms with Crippen molar-refractivity contribution in [3.05, 3.63) is 46.5 Å². The van der Waals surface area contributed by atoms with E-state index < -0.39 is 0 Å². The van der Waals surface area contributed by atoms with Crippen LogP contribution in [0.25, 0.3) is 10.2 Å². The first kappa shape index (κ1) is 19.8. The molecular weight excluding hydrogens is 408 g/mol. The Bertz CT molecular complexity index is 1060. The minimum absolute atomic E-state index is 0.152. The van der Waals surface area contributed by atoms with Crippen molar-refractivity contribution in [1.29, 1.82) is 0 Å². The summed E-state index contributed by atoms with van der Waals surface area (Å²) in [5.74, 6) is 0.585. The van der Waals surface area contributed by atoms with Gasteiger partial charge in [-0.1, -0.05) is 29.0 Å². The number of hydrogen-bond acceptors (Lipinski definition) is 5. The molecule has 0 spiro atoms. The number of rotatable bonds is 3. The lowest BCUT2D eigenvalue weighted by atomic mass is 10.1. The summed E-state index contributed by atoms with van der Waals surface area (Å²) < 4.78 is 6.52. The predicted octanol–water partition coefficient (Wildman–Crippen LogP) is 4.93. The Hall–Kier alpha value is -2.51. The molecule has 8 heteroatoms. The molecule has 152 valence electrons. The molecule has 1 aliphatic rings. The van der Waals surface area contributed by atoms with Crippen LogP contribution in [0.5, 0.6) is 5.75 Å². The van der Waals surface area contributed by atoms with E-state index >= 15 is 0 Å². The number of anilines is 2. The molecule has 0 saturated carbocycles. The van der Waals surface area contributed by atoms with Crippen molar-refractivity contribution in [2.24, 2.45) is 0 Å². The van der Waals surface area contributed by atoms with E-state index in [1.807, 2.05) is 0 Å². The predicted molar refractivity (Wildman–Crippen MR) is 120 cm³/mol. The second-order valence-electron chi connectivity index (χ2n) is 7.17. The Labute approximate surface area is 179 Å². The quantitative estimate of drug-likeness (QED) is 0.640. The number of aromatic nitrogens is 1. The van der Waals surface area contributed by atoms with Gasteiger partial charge >= 0.3 is 6.03 Å². The van der Waals surface area contributed by atoms with Gasteiger partial charge < -0.3 is 19.9 Å². The van der Waals surface area contributed by atoms with Gasteiger partial charge in [0.25, 0.3) is 0 Å². The third-order valence-corrected chi connectivity index (χ3v) is 6.36. The van der Waals surface area contributed by atoms with Gasteiger partial charge in [-0.15, -0.1) is 0 Å². The van der Waals surface area contributed by atoms with Crippen molar-refractivity contribution in [2.45, 2.75) is 13.8 Å². The number of fused-ring (bicyclic) bond motifs is 1. The molecule has 0 atom stereocenters. The Morgan fingerprint density at radius 3 is 2.66 bits per heavy atom. The lowest BCUT2D eigenvalue weighted by molar-refractivity contribution is 0.208. The second kappa shape index (κ2) is 8.08. The molecule has 6 nitrogen and oxygen atoms in total. The fraction of sp³-hybridized carbons (Fsp3) is 0.333. The topological polar surface area (TPSA) is 57.7 Å². The molecule has 0 radical (unpaired) electrons. The number of carbonyl (C=O) groups is 1. The van der Waals surface area contributed by atoms with Crippen LogP contribution in [0.4, 0.5) is 15.6 Å². The first-order valence-electron chi connectivity index (χ1n) is 9.47. The third-order valence-electron chi connectivity index (χ3n) is 5.06. The van der Waals surface area contributed by atoms with Gasteiger partial charge in [-0.05, 0) is 49.2 Å².